The van der Waals surface area contributed by atoms with Crippen molar-refractivity contribution in [3.63, 3.8) is 0 Å². The summed E-state index contributed by atoms with van der Waals surface area (Å²) >= 11 is 0. The maximum absolute atomic E-state index is 12.9. The lowest BCUT2D eigenvalue weighted by Crippen LogP contribution is -2.34. The Labute approximate surface area is 188 Å². The van der Waals surface area contributed by atoms with E-state index < -0.39 is 0 Å². The van der Waals surface area contributed by atoms with Gasteiger partial charge >= 0.3 is 0 Å². The Kier molecular flexibility index (Phi) is 4.79. The molecular formula is C24H20N4O5. The molecular weight excluding hydrogens is 424 g/mol. The number of amides is 1. The van der Waals surface area contributed by atoms with Gasteiger partial charge in [-0.1, -0.05) is 24.3 Å². The van der Waals surface area contributed by atoms with Crippen molar-refractivity contribution >= 4 is 16.7 Å². The summed E-state index contributed by atoms with van der Waals surface area (Å²) in [6, 6.07) is 14.8. The molecule has 4 heterocycles. The first-order valence-electron chi connectivity index (χ1n) is 10.8. The van der Waals surface area contributed by atoms with E-state index in [-0.39, 0.29) is 25.3 Å². The number of hydrogen-bond acceptors (Lipinski definition) is 8. The Bertz CT molecular complexity index is 1330. The molecule has 33 heavy (non-hydrogen) atoms. The van der Waals surface area contributed by atoms with Gasteiger partial charge in [-0.15, -0.1) is 10.2 Å². The minimum atomic E-state index is -0.283. The van der Waals surface area contributed by atoms with Crippen molar-refractivity contribution in [2.75, 3.05) is 19.9 Å². The molecule has 1 atom stereocenters. The third kappa shape index (κ3) is 3.61. The van der Waals surface area contributed by atoms with Gasteiger partial charge < -0.3 is 23.5 Å². The average Bonchev–Trinajstić information content (AvgIpc) is 3.62. The largest absolute Gasteiger partial charge is 0.484 e. The first-order valence-corrected chi connectivity index (χ1v) is 10.8. The highest BCUT2D eigenvalue weighted by molar-refractivity contribution is 5.92. The fourth-order valence-electron chi connectivity index (χ4n) is 4.27. The monoisotopic (exact) mass is 444 g/mol. The maximum Gasteiger partial charge on any atom is 0.267 e. The van der Waals surface area contributed by atoms with Crippen molar-refractivity contribution < 1.29 is 23.4 Å². The van der Waals surface area contributed by atoms with Crippen molar-refractivity contribution in [3.05, 3.63) is 60.6 Å². The topological polar surface area (TPSA) is 99.8 Å². The first-order chi connectivity index (χ1) is 16.3. The van der Waals surface area contributed by atoms with Crippen molar-refractivity contribution in [2.24, 2.45) is 0 Å². The van der Waals surface area contributed by atoms with Crippen molar-refractivity contribution in [3.8, 4) is 28.8 Å². The fraction of sp³-hybridized carbons (Fsp3) is 0.250. The maximum atomic E-state index is 12.9. The number of pyridine rings is 1. The summed E-state index contributed by atoms with van der Waals surface area (Å²) in [6.07, 6.45) is 3.32. The zero-order valence-electron chi connectivity index (χ0n) is 17.6. The molecule has 9 heteroatoms. The lowest BCUT2D eigenvalue weighted by Gasteiger charge is -2.22. The van der Waals surface area contributed by atoms with Gasteiger partial charge in [0.15, 0.2) is 18.1 Å². The fourth-order valence-corrected chi connectivity index (χ4v) is 4.27. The molecule has 0 saturated carbocycles. The van der Waals surface area contributed by atoms with Crippen LogP contribution in [0.4, 0.5) is 0 Å². The van der Waals surface area contributed by atoms with Crippen LogP contribution in [0.1, 0.15) is 24.8 Å². The molecule has 166 valence electrons. The molecule has 1 saturated heterocycles. The quantitative estimate of drug-likeness (QED) is 0.459. The van der Waals surface area contributed by atoms with E-state index in [4.69, 9.17) is 18.6 Å². The van der Waals surface area contributed by atoms with E-state index in [0.717, 1.165) is 23.6 Å². The Morgan fingerprint density at radius 3 is 2.97 bits per heavy atom. The van der Waals surface area contributed by atoms with E-state index in [2.05, 4.69) is 15.2 Å². The molecule has 0 spiro atoms. The molecule has 0 N–H and O–H groups in total. The zero-order valence-corrected chi connectivity index (χ0v) is 17.6. The Morgan fingerprint density at radius 1 is 1.09 bits per heavy atom. The number of aromatic nitrogens is 3. The van der Waals surface area contributed by atoms with Gasteiger partial charge in [-0.25, -0.2) is 0 Å². The molecule has 6 rings (SSSR count). The van der Waals surface area contributed by atoms with E-state index in [1.165, 1.54) is 0 Å². The van der Waals surface area contributed by atoms with E-state index in [0.29, 0.717) is 41.3 Å². The molecule has 0 radical (unpaired) electrons. The summed E-state index contributed by atoms with van der Waals surface area (Å²) in [7, 11) is 0. The molecule has 0 bridgehead atoms. The summed E-state index contributed by atoms with van der Waals surface area (Å²) in [5.74, 6) is 2.44. The minimum absolute atomic E-state index is 0.0952. The molecule has 1 fully saturated rings. The standard InChI is InChI=1S/C24H20N4O5/c29-21(13-30-16-7-8-19-20(12-16)32-14-31-19)28-11-3-6-18(28)23-26-27-24(33-23)22-17-5-2-1-4-15(17)9-10-25-22/h1-2,4-5,7-10,12,18H,3,6,11,13-14H2/t18-/m1/s1. The summed E-state index contributed by atoms with van der Waals surface area (Å²) < 4.78 is 22.4. The Hall–Kier alpha value is -4.14. The minimum Gasteiger partial charge on any atom is -0.484 e. The molecule has 4 aromatic rings. The van der Waals surface area contributed by atoms with E-state index in [9.17, 15) is 4.79 Å². The van der Waals surface area contributed by atoms with Gasteiger partial charge in [-0.05, 0) is 36.4 Å². The molecule has 2 aliphatic heterocycles. The second-order valence-corrected chi connectivity index (χ2v) is 7.88. The van der Waals surface area contributed by atoms with Gasteiger partial charge in [0.2, 0.25) is 12.7 Å². The van der Waals surface area contributed by atoms with Crippen LogP contribution in [-0.4, -0.2) is 45.9 Å². The first kappa shape index (κ1) is 19.5. The molecule has 1 amide bonds. The van der Waals surface area contributed by atoms with Gasteiger partial charge in [0.05, 0.1) is 0 Å². The van der Waals surface area contributed by atoms with Crippen molar-refractivity contribution in [2.45, 2.75) is 18.9 Å². The highest BCUT2D eigenvalue weighted by Crippen LogP contribution is 2.36. The smallest absolute Gasteiger partial charge is 0.267 e. The van der Waals surface area contributed by atoms with E-state index in [1.54, 1.807) is 29.3 Å². The molecule has 2 aliphatic rings. The molecule has 2 aromatic heterocycles. The summed E-state index contributed by atoms with van der Waals surface area (Å²) in [5.41, 5.74) is 0.633. The van der Waals surface area contributed by atoms with Gasteiger partial charge in [0.25, 0.3) is 11.8 Å². The van der Waals surface area contributed by atoms with Crippen LogP contribution >= 0.6 is 0 Å². The van der Waals surface area contributed by atoms with Crippen LogP contribution in [-0.2, 0) is 4.79 Å². The normalized spacial score (nSPS) is 17.0. The molecule has 9 nitrogen and oxygen atoms in total. The van der Waals surface area contributed by atoms with E-state index >= 15 is 0 Å². The van der Waals surface area contributed by atoms with Crippen LogP contribution in [0.2, 0.25) is 0 Å². The van der Waals surface area contributed by atoms with Crippen LogP contribution < -0.4 is 14.2 Å². The average molecular weight is 444 g/mol. The lowest BCUT2D eigenvalue weighted by molar-refractivity contribution is -0.134. The summed E-state index contributed by atoms with van der Waals surface area (Å²) in [5, 5.41) is 10.5. The third-order valence-corrected chi connectivity index (χ3v) is 5.88. The van der Waals surface area contributed by atoms with E-state index in [1.807, 2.05) is 30.3 Å². The zero-order chi connectivity index (χ0) is 22.2. The second-order valence-electron chi connectivity index (χ2n) is 7.88. The number of rotatable bonds is 5. The predicted octanol–water partition coefficient (Wildman–Crippen LogP) is 3.76. The van der Waals surface area contributed by atoms with Gasteiger partial charge in [0, 0.05) is 24.2 Å². The number of likely N-dealkylation sites (tertiary alicyclic amines) is 1. The Morgan fingerprint density at radius 2 is 2.00 bits per heavy atom. The van der Waals surface area contributed by atoms with Crippen LogP contribution in [0.3, 0.4) is 0 Å². The highest BCUT2D eigenvalue weighted by Gasteiger charge is 2.34. The third-order valence-electron chi connectivity index (χ3n) is 5.88. The predicted molar refractivity (Wildman–Crippen MR) is 117 cm³/mol. The van der Waals surface area contributed by atoms with Gasteiger partial charge in [0.1, 0.15) is 17.5 Å². The van der Waals surface area contributed by atoms with Crippen molar-refractivity contribution in [1.29, 1.82) is 0 Å². The highest BCUT2D eigenvalue weighted by atomic mass is 16.7. The lowest BCUT2D eigenvalue weighted by atomic mass is 10.1. The summed E-state index contributed by atoms with van der Waals surface area (Å²) in [6.45, 7) is 0.702. The van der Waals surface area contributed by atoms with Crippen LogP contribution in [0.5, 0.6) is 17.2 Å². The second kappa shape index (κ2) is 8.09. The number of benzene rings is 2. The van der Waals surface area contributed by atoms with Crippen molar-refractivity contribution in [1.82, 2.24) is 20.1 Å². The van der Waals surface area contributed by atoms with Gasteiger partial charge in [-0.2, -0.15) is 0 Å². The number of carbonyl (C=O) groups excluding carboxylic acids is 1. The number of carbonyl (C=O) groups is 1. The number of nitrogens with zero attached hydrogens (tertiary/aromatic N) is 4. The molecule has 0 aliphatic carbocycles. The SMILES string of the molecule is O=C(COc1ccc2c(c1)OCO2)N1CCC[C@@H]1c1nnc(-c2nccc3ccccc23)o1. The number of fused-ring (bicyclic) bond motifs is 2. The van der Waals surface area contributed by atoms with Crippen LogP contribution in [0.15, 0.2) is 59.1 Å². The number of ether oxygens (including phenoxy) is 3. The van der Waals surface area contributed by atoms with Crippen LogP contribution in [0.25, 0.3) is 22.4 Å². The molecule has 0 unspecified atom stereocenters. The summed E-state index contributed by atoms with van der Waals surface area (Å²) in [4.78, 5) is 19.1. The van der Waals surface area contributed by atoms with Gasteiger partial charge in [-0.3, -0.25) is 9.78 Å². The Balaban J connectivity index is 1.18. The number of hydrogen-bond donors (Lipinski definition) is 0. The molecule has 2 aromatic carbocycles. The van der Waals surface area contributed by atoms with Crippen LogP contribution in [0, 0.1) is 0 Å².